The first-order valence-electron chi connectivity index (χ1n) is 9.80. The van der Waals surface area contributed by atoms with Gasteiger partial charge in [0.05, 0.1) is 13.1 Å². The first-order valence-corrected chi connectivity index (χ1v) is 10.6. The third-order valence-corrected chi connectivity index (χ3v) is 6.18. The van der Waals surface area contributed by atoms with Crippen molar-refractivity contribution in [1.82, 2.24) is 25.4 Å². The van der Waals surface area contributed by atoms with Crippen LogP contribution in [0.15, 0.2) is 33.7 Å². The number of nitrogens with zero attached hydrogens (tertiary/aromatic N) is 4. The third-order valence-electron chi connectivity index (χ3n) is 5.49. The van der Waals surface area contributed by atoms with Gasteiger partial charge in [-0.3, -0.25) is 4.99 Å². The predicted octanol–water partition coefficient (Wildman–Crippen LogP) is 2.95. The molecule has 2 aliphatic rings. The minimum atomic E-state index is 0.186. The van der Waals surface area contributed by atoms with Crippen LogP contribution < -0.4 is 10.6 Å². The van der Waals surface area contributed by atoms with Gasteiger partial charge in [-0.2, -0.15) is 5.10 Å². The summed E-state index contributed by atoms with van der Waals surface area (Å²) >= 11 is 3.71. The third kappa shape index (κ3) is 4.03. The molecule has 0 bridgehead atoms. The van der Waals surface area contributed by atoms with Crippen molar-refractivity contribution >= 4 is 21.9 Å². The number of hydrogen-bond donors (Lipinski definition) is 2. The second-order valence-electron chi connectivity index (χ2n) is 7.59. The van der Waals surface area contributed by atoms with Gasteiger partial charge >= 0.3 is 0 Å². The Balaban J connectivity index is 1.44. The first kappa shape index (κ1) is 18.5. The number of rotatable bonds is 5. The number of aromatic nitrogens is 3. The van der Waals surface area contributed by atoms with Crippen LogP contribution in [-0.2, 0) is 18.4 Å². The standard InChI is InChI=1S/C20H27BrN6/c1-3-22-19(25-15-8-9-18-24-14(2)26-27(18)12-15)23-13-20(10-11-20)16-6-4-5-7-17(16)21/h4-7,15H,3,8-13H2,1-2H3,(H2,22,23,25). The molecule has 1 fully saturated rings. The maximum Gasteiger partial charge on any atom is 0.191 e. The smallest absolute Gasteiger partial charge is 0.191 e. The molecule has 1 atom stereocenters. The Morgan fingerprint density at radius 2 is 2.19 bits per heavy atom. The molecule has 144 valence electrons. The molecule has 7 heteroatoms. The monoisotopic (exact) mass is 430 g/mol. The summed E-state index contributed by atoms with van der Waals surface area (Å²) in [7, 11) is 0. The maximum atomic E-state index is 4.95. The SMILES string of the molecule is CCNC(=NCC1(c2ccccc2Br)CC1)NC1CCc2nc(C)nn2C1. The van der Waals surface area contributed by atoms with Crippen molar-refractivity contribution in [3.8, 4) is 0 Å². The van der Waals surface area contributed by atoms with Gasteiger partial charge < -0.3 is 10.6 Å². The zero-order valence-electron chi connectivity index (χ0n) is 16.0. The summed E-state index contributed by atoms with van der Waals surface area (Å²) in [6, 6.07) is 8.87. The van der Waals surface area contributed by atoms with Crippen LogP contribution in [0.25, 0.3) is 0 Å². The van der Waals surface area contributed by atoms with Crippen molar-refractivity contribution in [3.05, 3.63) is 46.0 Å². The molecule has 0 amide bonds. The molecule has 2 N–H and O–H groups in total. The van der Waals surface area contributed by atoms with E-state index in [0.717, 1.165) is 50.1 Å². The van der Waals surface area contributed by atoms with E-state index < -0.39 is 0 Å². The molecule has 0 spiro atoms. The Morgan fingerprint density at radius 3 is 2.93 bits per heavy atom. The number of nitrogens with one attached hydrogen (secondary N) is 2. The van der Waals surface area contributed by atoms with E-state index >= 15 is 0 Å². The molecule has 1 saturated carbocycles. The molecule has 1 aliphatic heterocycles. The highest BCUT2D eigenvalue weighted by Crippen LogP contribution is 2.50. The molecule has 1 aliphatic carbocycles. The van der Waals surface area contributed by atoms with E-state index in [1.54, 1.807) is 0 Å². The predicted molar refractivity (Wildman–Crippen MR) is 111 cm³/mol. The van der Waals surface area contributed by atoms with Gasteiger partial charge in [0, 0.05) is 28.9 Å². The summed E-state index contributed by atoms with van der Waals surface area (Å²) < 4.78 is 3.22. The van der Waals surface area contributed by atoms with Gasteiger partial charge in [0.1, 0.15) is 11.6 Å². The molecule has 1 unspecified atom stereocenters. The highest BCUT2D eigenvalue weighted by molar-refractivity contribution is 9.10. The Hall–Kier alpha value is -1.89. The van der Waals surface area contributed by atoms with Crippen molar-refractivity contribution in [2.75, 3.05) is 13.1 Å². The van der Waals surface area contributed by atoms with E-state index in [2.05, 4.69) is 67.8 Å². The highest BCUT2D eigenvalue weighted by Gasteiger charge is 2.45. The minimum absolute atomic E-state index is 0.186. The van der Waals surface area contributed by atoms with Crippen molar-refractivity contribution in [2.45, 2.75) is 57.5 Å². The minimum Gasteiger partial charge on any atom is -0.357 e. The maximum absolute atomic E-state index is 4.95. The van der Waals surface area contributed by atoms with Crippen LogP contribution in [-0.4, -0.2) is 39.9 Å². The number of hydrogen-bond acceptors (Lipinski definition) is 3. The lowest BCUT2D eigenvalue weighted by Crippen LogP contribution is -2.47. The lowest BCUT2D eigenvalue weighted by molar-refractivity contribution is 0.392. The van der Waals surface area contributed by atoms with Crippen LogP contribution in [0, 0.1) is 6.92 Å². The number of fused-ring (bicyclic) bond motifs is 1. The second kappa shape index (κ2) is 7.62. The molecule has 0 saturated heterocycles. The zero-order chi connectivity index (χ0) is 18.9. The van der Waals surface area contributed by atoms with Crippen LogP contribution in [0.3, 0.4) is 0 Å². The van der Waals surface area contributed by atoms with E-state index in [1.807, 2.05) is 11.6 Å². The lowest BCUT2D eigenvalue weighted by Gasteiger charge is -2.26. The normalized spacial score (nSPS) is 20.9. The average molecular weight is 431 g/mol. The molecule has 1 aromatic heterocycles. The molecular weight excluding hydrogens is 404 g/mol. The summed E-state index contributed by atoms with van der Waals surface area (Å²) in [6.45, 7) is 6.57. The van der Waals surface area contributed by atoms with Gasteiger partial charge in [-0.05, 0) is 44.7 Å². The molecule has 27 heavy (non-hydrogen) atoms. The van der Waals surface area contributed by atoms with Crippen LogP contribution in [0.2, 0.25) is 0 Å². The Bertz CT molecular complexity index is 839. The lowest BCUT2D eigenvalue weighted by atomic mass is 9.96. The summed E-state index contributed by atoms with van der Waals surface area (Å²) in [5, 5.41) is 11.5. The quantitative estimate of drug-likeness (QED) is 0.565. The number of benzene rings is 1. The number of guanidine groups is 1. The molecule has 2 aromatic rings. The van der Waals surface area contributed by atoms with Crippen LogP contribution >= 0.6 is 15.9 Å². The number of aryl methyl sites for hydroxylation is 2. The molecule has 0 radical (unpaired) electrons. The largest absolute Gasteiger partial charge is 0.357 e. The van der Waals surface area contributed by atoms with Crippen molar-refractivity contribution in [2.24, 2.45) is 4.99 Å². The topological polar surface area (TPSA) is 67.1 Å². The Morgan fingerprint density at radius 1 is 1.37 bits per heavy atom. The van der Waals surface area contributed by atoms with Crippen molar-refractivity contribution < 1.29 is 0 Å². The van der Waals surface area contributed by atoms with Crippen LogP contribution in [0.1, 0.15) is 43.4 Å². The summed E-state index contributed by atoms with van der Waals surface area (Å²) in [5.41, 5.74) is 1.57. The number of aliphatic imine (C=N–C) groups is 1. The molecular formula is C20H27BrN6. The second-order valence-corrected chi connectivity index (χ2v) is 8.45. The van der Waals surface area contributed by atoms with Crippen LogP contribution in [0.5, 0.6) is 0 Å². The zero-order valence-corrected chi connectivity index (χ0v) is 17.6. The van der Waals surface area contributed by atoms with Crippen LogP contribution in [0.4, 0.5) is 0 Å². The molecule has 4 rings (SSSR count). The number of halogens is 1. The fourth-order valence-corrected chi connectivity index (χ4v) is 4.56. The molecule has 1 aromatic carbocycles. The summed E-state index contributed by atoms with van der Waals surface area (Å²) in [6.07, 6.45) is 4.41. The highest BCUT2D eigenvalue weighted by atomic mass is 79.9. The van der Waals surface area contributed by atoms with Gasteiger partial charge in [0.15, 0.2) is 5.96 Å². The van der Waals surface area contributed by atoms with E-state index in [-0.39, 0.29) is 5.41 Å². The fourth-order valence-electron chi connectivity index (χ4n) is 3.85. The van der Waals surface area contributed by atoms with Crippen molar-refractivity contribution in [1.29, 1.82) is 0 Å². The Labute approximate surface area is 169 Å². The van der Waals surface area contributed by atoms with Gasteiger partial charge in [-0.25, -0.2) is 9.67 Å². The van der Waals surface area contributed by atoms with Gasteiger partial charge in [0.2, 0.25) is 0 Å². The average Bonchev–Trinajstić information content (AvgIpc) is 3.34. The van der Waals surface area contributed by atoms with E-state index in [1.165, 1.54) is 22.9 Å². The first-order chi connectivity index (χ1) is 13.1. The van der Waals surface area contributed by atoms with Gasteiger partial charge in [0.25, 0.3) is 0 Å². The summed E-state index contributed by atoms with van der Waals surface area (Å²) in [5.74, 6) is 2.86. The Kier molecular flexibility index (Phi) is 5.21. The fraction of sp³-hybridized carbons (Fsp3) is 0.550. The van der Waals surface area contributed by atoms with E-state index in [0.29, 0.717) is 6.04 Å². The van der Waals surface area contributed by atoms with Gasteiger partial charge in [-0.15, -0.1) is 0 Å². The molecule has 2 heterocycles. The van der Waals surface area contributed by atoms with E-state index in [4.69, 9.17) is 4.99 Å². The summed E-state index contributed by atoms with van der Waals surface area (Å²) in [4.78, 5) is 9.44. The van der Waals surface area contributed by atoms with E-state index in [9.17, 15) is 0 Å². The van der Waals surface area contributed by atoms with Crippen molar-refractivity contribution in [3.63, 3.8) is 0 Å². The molecule has 6 nitrogen and oxygen atoms in total. The van der Waals surface area contributed by atoms with Gasteiger partial charge in [-0.1, -0.05) is 34.1 Å².